The van der Waals surface area contributed by atoms with Crippen molar-refractivity contribution < 1.29 is 19.1 Å². The minimum absolute atomic E-state index is 0.345. The third kappa shape index (κ3) is 9.56. The summed E-state index contributed by atoms with van der Waals surface area (Å²) in [5, 5.41) is 7.06. The summed E-state index contributed by atoms with van der Waals surface area (Å²) < 4.78 is 10.2. The Labute approximate surface area is 164 Å². The lowest BCUT2D eigenvalue weighted by molar-refractivity contribution is -0.162. The number of esters is 1. The highest BCUT2D eigenvalue weighted by molar-refractivity contribution is 5.75. The third-order valence-corrected chi connectivity index (χ3v) is 5.78. The van der Waals surface area contributed by atoms with Crippen LogP contribution in [0.1, 0.15) is 83.5 Å². The highest BCUT2D eigenvalue weighted by Gasteiger charge is 2.22. The summed E-state index contributed by atoms with van der Waals surface area (Å²) in [5.41, 5.74) is 0. The van der Waals surface area contributed by atoms with Crippen molar-refractivity contribution in [3.05, 3.63) is 0 Å². The fourth-order valence-corrected chi connectivity index (χ4v) is 4.14. The first-order valence-electron chi connectivity index (χ1n) is 11.0. The van der Waals surface area contributed by atoms with Crippen molar-refractivity contribution in [3.63, 3.8) is 0 Å². The molecule has 0 saturated heterocycles. The molecule has 2 aliphatic rings. The SMILES string of the molecule is O=COC(CCNC1CCCC1)C(=O)OCCCCNC1CCCCCC1. The Morgan fingerprint density at radius 2 is 1.48 bits per heavy atom. The van der Waals surface area contributed by atoms with Gasteiger partial charge in [-0.05, 0) is 51.6 Å². The molecule has 27 heavy (non-hydrogen) atoms. The number of carbonyl (C=O) groups is 2. The van der Waals surface area contributed by atoms with E-state index in [9.17, 15) is 9.59 Å². The van der Waals surface area contributed by atoms with Gasteiger partial charge < -0.3 is 20.1 Å². The largest absolute Gasteiger partial charge is 0.463 e. The second-order valence-electron chi connectivity index (χ2n) is 7.96. The average Bonchev–Trinajstić information content (AvgIpc) is 3.05. The number of carbonyl (C=O) groups excluding carboxylic acids is 2. The molecular weight excluding hydrogens is 344 g/mol. The number of rotatable bonds is 13. The van der Waals surface area contributed by atoms with E-state index in [0.717, 1.165) is 19.4 Å². The van der Waals surface area contributed by atoms with Crippen LogP contribution in [0.5, 0.6) is 0 Å². The van der Waals surface area contributed by atoms with Crippen LogP contribution in [-0.4, -0.2) is 50.3 Å². The van der Waals surface area contributed by atoms with Crippen molar-refractivity contribution in [3.8, 4) is 0 Å². The maximum absolute atomic E-state index is 12.1. The molecule has 0 aromatic heterocycles. The average molecular weight is 383 g/mol. The van der Waals surface area contributed by atoms with Crippen LogP contribution in [0.4, 0.5) is 0 Å². The van der Waals surface area contributed by atoms with E-state index in [1.807, 2.05) is 0 Å². The van der Waals surface area contributed by atoms with E-state index in [1.165, 1.54) is 64.2 Å². The molecule has 0 amide bonds. The van der Waals surface area contributed by atoms with Crippen LogP contribution in [0.3, 0.4) is 0 Å². The van der Waals surface area contributed by atoms with Gasteiger partial charge in [0.15, 0.2) is 6.10 Å². The standard InChI is InChI=1S/C21H38N2O4/c24-17-27-20(13-15-23-19-11-5-6-12-19)21(25)26-16-8-7-14-22-18-9-3-1-2-4-10-18/h17-20,22-23H,1-16H2. The van der Waals surface area contributed by atoms with Crippen LogP contribution in [0.2, 0.25) is 0 Å². The van der Waals surface area contributed by atoms with Gasteiger partial charge in [-0.15, -0.1) is 0 Å². The van der Waals surface area contributed by atoms with Gasteiger partial charge in [-0.25, -0.2) is 4.79 Å². The molecule has 0 spiro atoms. The number of hydrogen-bond acceptors (Lipinski definition) is 6. The van der Waals surface area contributed by atoms with E-state index >= 15 is 0 Å². The maximum Gasteiger partial charge on any atom is 0.347 e. The molecule has 2 rings (SSSR count). The second-order valence-corrected chi connectivity index (χ2v) is 7.96. The lowest BCUT2D eigenvalue weighted by Gasteiger charge is -2.17. The summed E-state index contributed by atoms with van der Waals surface area (Å²) >= 11 is 0. The van der Waals surface area contributed by atoms with Crippen LogP contribution in [0.15, 0.2) is 0 Å². The van der Waals surface area contributed by atoms with Crippen molar-refractivity contribution in [1.82, 2.24) is 10.6 Å². The minimum Gasteiger partial charge on any atom is -0.463 e. The fraction of sp³-hybridized carbons (Fsp3) is 0.905. The molecule has 2 N–H and O–H groups in total. The van der Waals surface area contributed by atoms with Crippen molar-refractivity contribution >= 4 is 12.4 Å². The first-order chi connectivity index (χ1) is 13.3. The van der Waals surface area contributed by atoms with Gasteiger partial charge >= 0.3 is 5.97 Å². The third-order valence-electron chi connectivity index (χ3n) is 5.78. The maximum atomic E-state index is 12.1. The Balaban J connectivity index is 1.51. The van der Waals surface area contributed by atoms with Crippen molar-refractivity contribution in [2.75, 3.05) is 19.7 Å². The molecule has 2 aliphatic carbocycles. The highest BCUT2D eigenvalue weighted by atomic mass is 16.6. The molecule has 0 radical (unpaired) electrons. The van der Waals surface area contributed by atoms with Gasteiger partial charge in [0.25, 0.3) is 6.47 Å². The first-order valence-corrected chi connectivity index (χ1v) is 11.0. The molecule has 0 aliphatic heterocycles. The van der Waals surface area contributed by atoms with Gasteiger partial charge in [-0.2, -0.15) is 0 Å². The van der Waals surface area contributed by atoms with Gasteiger partial charge in [0.05, 0.1) is 6.61 Å². The topological polar surface area (TPSA) is 76.7 Å². The van der Waals surface area contributed by atoms with Crippen molar-refractivity contribution in [2.24, 2.45) is 0 Å². The van der Waals surface area contributed by atoms with Gasteiger partial charge in [0.1, 0.15) is 0 Å². The summed E-state index contributed by atoms with van der Waals surface area (Å²) in [4.78, 5) is 22.8. The Morgan fingerprint density at radius 1 is 0.889 bits per heavy atom. The van der Waals surface area contributed by atoms with E-state index in [1.54, 1.807) is 0 Å². The van der Waals surface area contributed by atoms with E-state index < -0.39 is 12.1 Å². The molecule has 0 aromatic carbocycles. The zero-order valence-corrected chi connectivity index (χ0v) is 16.8. The van der Waals surface area contributed by atoms with Crippen LogP contribution >= 0.6 is 0 Å². The first kappa shape index (κ1) is 22.2. The minimum atomic E-state index is -0.791. The molecule has 0 heterocycles. The monoisotopic (exact) mass is 382 g/mol. The van der Waals surface area contributed by atoms with Gasteiger partial charge in [0, 0.05) is 18.5 Å². The zero-order chi connectivity index (χ0) is 19.2. The lowest BCUT2D eigenvalue weighted by Crippen LogP contribution is -2.34. The van der Waals surface area contributed by atoms with Gasteiger partial charge in [-0.3, -0.25) is 4.79 Å². The van der Waals surface area contributed by atoms with E-state index in [0.29, 0.717) is 38.1 Å². The highest BCUT2D eigenvalue weighted by Crippen LogP contribution is 2.18. The van der Waals surface area contributed by atoms with Crippen LogP contribution in [0, 0.1) is 0 Å². The summed E-state index contributed by atoms with van der Waals surface area (Å²) in [6.45, 7) is 2.38. The Bertz CT molecular complexity index is 405. The zero-order valence-electron chi connectivity index (χ0n) is 16.8. The number of unbranched alkanes of at least 4 members (excludes halogenated alkanes) is 1. The predicted octanol–water partition coefficient (Wildman–Crippen LogP) is 3.09. The number of nitrogens with one attached hydrogen (secondary N) is 2. The fourth-order valence-electron chi connectivity index (χ4n) is 4.14. The van der Waals surface area contributed by atoms with Crippen molar-refractivity contribution in [1.29, 1.82) is 0 Å². The molecule has 6 nitrogen and oxygen atoms in total. The van der Waals surface area contributed by atoms with Crippen LogP contribution in [-0.2, 0) is 19.1 Å². The second kappa shape index (κ2) is 13.9. The molecule has 2 saturated carbocycles. The molecular formula is C21H38N2O4. The summed E-state index contributed by atoms with van der Waals surface area (Å²) in [7, 11) is 0. The molecule has 0 bridgehead atoms. The summed E-state index contributed by atoms with van der Waals surface area (Å²) in [5.74, 6) is -0.424. The molecule has 2 fully saturated rings. The van der Waals surface area contributed by atoms with Gasteiger partial charge in [-0.1, -0.05) is 38.5 Å². The normalized spacial score (nSPS) is 20.1. The molecule has 156 valence electrons. The van der Waals surface area contributed by atoms with Crippen molar-refractivity contribution in [2.45, 2.75) is 102 Å². The van der Waals surface area contributed by atoms with Crippen LogP contribution < -0.4 is 10.6 Å². The Morgan fingerprint density at radius 3 is 2.11 bits per heavy atom. The van der Waals surface area contributed by atoms with Crippen LogP contribution in [0.25, 0.3) is 0 Å². The molecule has 6 heteroatoms. The quantitative estimate of drug-likeness (QED) is 0.221. The predicted molar refractivity (Wildman–Crippen MR) is 105 cm³/mol. The molecule has 0 aromatic rings. The van der Waals surface area contributed by atoms with E-state index in [-0.39, 0.29) is 0 Å². The number of ether oxygens (including phenoxy) is 2. The molecule has 1 unspecified atom stereocenters. The Hall–Kier alpha value is -1.14. The number of hydrogen-bond donors (Lipinski definition) is 2. The van der Waals surface area contributed by atoms with E-state index in [2.05, 4.69) is 10.6 Å². The Kier molecular flexibility index (Phi) is 11.4. The van der Waals surface area contributed by atoms with E-state index in [4.69, 9.17) is 9.47 Å². The summed E-state index contributed by atoms with van der Waals surface area (Å²) in [6, 6.07) is 1.20. The summed E-state index contributed by atoms with van der Waals surface area (Å²) in [6.07, 6.45) is 14.4. The molecule has 1 atom stereocenters. The smallest absolute Gasteiger partial charge is 0.347 e. The van der Waals surface area contributed by atoms with Gasteiger partial charge in [0.2, 0.25) is 0 Å². The lowest BCUT2D eigenvalue weighted by atomic mass is 10.1.